The molecular formula is C12H25NO2S. The lowest BCUT2D eigenvalue weighted by Crippen LogP contribution is -2.41. The molecule has 0 radical (unpaired) electrons. The predicted octanol–water partition coefficient (Wildman–Crippen LogP) is 1.98. The lowest BCUT2D eigenvalue weighted by atomic mass is 9.67. The molecule has 16 heavy (non-hydrogen) atoms. The maximum absolute atomic E-state index is 11.7. The molecule has 0 saturated heterocycles. The van der Waals surface area contributed by atoms with Crippen molar-refractivity contribution in [3.8, 4) is 0 Å². The fourth-order valence-electron chi connectivity index (χ4n) is 2.37. The largest absolute Gasteiger partial charge is 0.316 e. The average Bonchev–Trinajstić information content (AvgIpc) is 2.15. The summed E-state index contributed by atoms with van der Waals surface area (Å²) in [6.45, 7) is 5.99. The van der Waals surface area contributed by atoms with Crippen molar-refractivity contribution in [2.75, 3.05) is 24.6 Å². The van der Waals surface area contributed by atoms with Crippen molar-refractivity contribution in [2.24, 2.45) is 5.41 Å². The van der Waals surface area contributed by atoms with Gasteiger partial charge in [0.2, 0.25) is 0 Å². The Labute approximate surface area is 99.9 Å². The minimum atomic E-state index is -2.79. The monoisotopic (exact) mass is 247 g/mol. The number of sulfone groups is 1. The average molecular weight is 247 g/mol. The molecule has 4 heteroatoms. The van der Waals surface area contributed by atoms with Crippen LogP contribution in [0.15, 0.2) is 0 Å². The Bertz CT molecular complexity index is 294. The van der Waals surface area contributed by atoms with E-state index in [2.05, 4.69) is 12.2 Å². The van der Waals surface area contributed by atoms with Crippen LogP contribution in [-0.2, 0) is 9.84 Å². The number of nitrogens with one attached hydrogen (secondary N) is 1. The van der Waals surface area contributed by atoms with Crippen molar-refractivity contribution < 1.29 is 8.42 Å². The van der Waals surface area contributed by atoms with Gasteiger partial charge in [-0.3, -0.25) is 0 Å². The lowest BCUT2D eigenvalue weighted by molar-refractivity contribution is 0.126. The van der Waals surface area contributed by atoms with Gasteiger partial charge in [-0.25, -0.2) is 8.42 Å². The quantitative estimate of drug-likeness (QED) is 0.713. The summed E-state index contributed by atoms with van der Waals surface area (Å²) in [5.74, 6) is 0.733. The lowest BCUT2D eigenvalue weighted by Gasteiger charge is -2.42. The SMILES string of the molecule is CCCS(=O)(=O)CCC1(CNCC)CCC1. The van der Waals surface area contributed by atoms with Gasteiger partial charge in [-0.05, 0) is 37.6 Å². The molecule has 0 unspecified atom stereocenters. The van der Waals surface area contributed by atoms with Crippen molar-refractivity contribution in [3.63, 3.8) is 0 Å². The van der Waals surface area contributed by atoms with E-state index in [4.69, 9.17) is 0 Å². The molecule has 1 saturated carbocycles. The van der Waals surface area contributed by atoms with Gasteiger partial charge in [0.15, 0.2) is 0 Å². The Hall–Kier alpha value is -0.0900. The molecule has 0 amide bonds. The van der Waals surface area contributed by atoms with Gasteiger partial charge in [0.05, 0.1) is 5.75 Å². The summed E-state index contributed by atoms with van der Waals surface area (Å²) in [7, 11) is -2.79. The van der Waals surface area contributed by atoms with Crippen LogP contribution in [0.1, 0.15) is 46.0 Å². The zero-order valence-corrected chi connectivity index (χ0v) is 11.4. The van der Waals surface area contributed by atoms with Crippen LogP contribution >= 0.6 is 0 Å². The van der Waals surface area contributed by atoms with Gasteiger partial charge in [0.1, 0.15) is 9.84 Å². The molecule has 0 heterocycles. The van der Waals surface area contributed by atoms with Crippen LogP contribution in [0.25, 0.3) is 0 Å². The third kappa shape index (κ3) is 4.06. The molecule has 1 N–H and O–H groups in total. The topological polar surface area (TPSA) is 46.2 Å². The molecule has 1 aliphatic rings. The second kappa shape index (κ2) is 6.01. The Kier molecular flexibility index (Phi) is 5.25. The summed E-state index contributed by atoms with van der Waals surface area (Å²) in [6, 6.07) is 0. The van der Waals surface area contributed by atoms with E-state index in [9.17, 15) is 8.42 Å². The summed E-state index contributed by atoms with van der Waals surface area (Å²) < 4.78 is 23.3. The van der Waals surface area contributed by atoms with E-state index in [1.165, 1.54) is 19.3 Å². The van der Waals surface area contributed by atoms with Crippen molar-refractivity contribution in [1.29, 1.82) is 0 Å². The molecule has 0 bridgehead atoms. The first-order valence-electron chi connectivity index (χ1n) is 6.45. The van der Waals surface area contributed by atoms with Crippen LogP contribution in [0.3, 0.4) is 0 Å². The van der Waals surface area contributed by atoms with Gasteiger partial charge in [0.25, 0.3) is 0 Å². The molecule has 96 valence electrons. The first kappa shape index (κ1) is 14.0. The van der Waals surface area contributed by atoms with Crippen molar-refractivity contribution in [1.82, 2.24) is 5.32 Å². The van der Waals surface area contributed by atoms with Crippen molar-refractivity contribution in [2.45, 2.75) is 46.0 Å². The van der Waals surface area contributed by atoms with Gasteiger partial charge in [0, 0.05) is 12.3 Å². The highest BCUT2D eigenvalue weighted by molar-refractivity contribution is 7.91. The highest BCUT2D eigenvalue weighted by Crippen LogP contribution is 2.43. The van der Waals surface area contributed by atoms with Crippen LogP contribution in [0.2, 0.25) is 0 Å². The summed E-state index contributed by atoms with van der Waals surface area (Å²) in [6.07, 6.45) is 5.24. The van der Waals surface area contributed by atoms with Crippen LogP contribution < -0.4 is 5.32 Å². The molecule has 0 aromatic rings. The number of hydrogen-bond donors (Lipinski definition) is 1. The van der Waals surface area contributed by atoms with Crippen LogP contribution in [0, 0.1) is 5.41 Å². The van der Waals surface area contributed by atoms with Crippen molar-refractivity contribution >= 4 is 9.84 Å². The number of rotatable bonds is 8. The molecule has 0 aromatic carbocycles. The standard InChI is InChI=1S/C12H25NO2S/c1-3-9-16(14,15)10-8-12(6-5-7-12)11-13-4-2/h13H,3-11H2,1-2H3. The van der Waals surface area contributed by atoms with Crippen LogP contribution in [0.4, 0.5) is 0 Å². The van der Waals surface area contributed by atoms with E-state index < -0.39 is 9.84 Å². The first-order valence-corrected chi connectivity index (χ1v) is 8.27. The van der Waals surface area contributed by atoms with E-state index >= 15 is 0 Å². The summed E-state index contributed by atoms with van der Waals surface area (Å²) in [4.78, 5) is 0. The van der Waals surface area contributed by atoms with E-state index in [0.29, 0.717) is 11.5 Å². The highest BCUT2D eigenvalue weighted by atomic mass is 32.2. The minimum Gasteiger partial charge on any atom is -0.316 e. The summed E-state index contributed by atoms with van der Waals surface area (Å²) >= 11 is 0. The zero-order valence-electron chi connectivity index (χ0n) is 10.6. The highest BCUT2D eigenvalue weighted by Gasteiger charge is 2.36. The molecule has 3 nitrogen and oxygen atoms in total. The van der Waals surface area contributed by atoms with Crippen molar-refractivity contribution in [3.05, 3.63) is 0 Å². The fraction of sp³-hybridized carbons (Fsp3) is 1.00. The summed E-state index contributed by atoms with van der Waals surface area (Å²) in [5.41, 5.74) is 0.289. The Balaban J connectivity index is 2.39. The van der Waals surface area contributed by atoms with Gasteiger partial charge >= 0.3 is 0 Å². The fourth-order valence-corrected chi connectivity index (χ4v) is 3.94. The zero-order chi connectivity index (χ0) is 12.1. The van der Waals surface area contributed by atoms with Gasteiger partial charge < -0.3 is 5.32 Å². The van der Waals surface area contributed by atoms with Gasteiger partial charge in [-0.1, -0.05) is 20.3 Å². The Morgan fingerprint density at radius 2 is 1.88 bits per heavy atom. The maximum atomic E-state index is 11.7. The molecule has 1 aliphatic carbocycles. The predicted molar refractivity (Wildman–Crippen MR) is 68.4 cm³/mol. The molecule has 0 aliphatic heterocycles. The van der Waals surface area contributed by atoms with Gasteiger partial charge in [-0.2, -0.15) is 0 Å². The van der Waals surface area contributed by atoms with E-state index in [1.54, 1.807) is 0 Å². The third-order valence-corrected chi connectivity index (χ3v) is 5.48. The second-order valence-electron chi connectivity index (χ2n) is 5.04. The van der Waals surface area contributed by atoms with E-state index in [1.807, 2.05) is 6.92 Å². The van der Waals surface area contributed by atoms with E-state index in [-0.39, 0.29) is 5.41 Å². The molecule has 1 rings (SSSR count). The smallest absolute Gasteiger partial charge is 0.150 e. The molecule has 1 fully saturated rings. The van der Waals surface area contributed by atoms with Crippen LogP contribution in [-0.4, -0.2) is 33.0 Å². The Morgan fingerprint density at radius 3 is 2.31 bits per heavy atom. The molecule has 0 aromatic heterocycles. The third-order valence-electron chi connectivity index (χ3n) is 3.62. The van der Waals surface area contributed by atoms with Gasteiger partial charge in [-0.15, -0.1) is 0 Å². The summed E-state index contributed by atoms with van der Waals surface area (Å²) in [5, 5.41) is 3.36. The molecule has 0 atom stereocenters. The number of hydrogen-bond acceptors (Lipinski definition) is 3. The molecular weight excluding hydrogens is 222 g/mol. The van der Waals surface area contributed by atoms with E-state index in [0.717, 1.165) is 25.9 Å². The second-order valence-corrected chi connectivity index (χ2v) is 7.34. The van der Waals surface area contributed by atoms with Crippen LogP contribution in [0.5, 0.6) is 0 Å². The first-order chi connectivity index (χ1) is 7.54. The Morgan fingerprint density at radius 1 is 1.19 bits per heavy atom. The maximum Gasteiger partial charge on any atom is 0.150 e. The normalized spacial score (nSPS) is 19.4. The minimum absolute atomic E-state index is 0.289. The molecule has 0 spiro atoms.